The third kappa shape index (κ3) is 2.00. The van der Waals surface area contributed by atoms with Gasteiger partial charge in [-0.15, -0.1) is 0 Å². The van der Waals surface area contributed by atoms with Gasteiger partial charge in [0.2, 0.25) is 0 Å². The molecule has 4 rings (SSSR count). The van der Waals surface area contributed by atoms with Gasteiger partial charge in [0.1, 0.15) is 12.0 Å². The molecule has 0 saturated heterocycles. The van der Waals surface area contributed by atoms with E-state index in [4.69, 9.17) is 4.74 Å². The lowest BCUT2D eigenvalue weighted by Gasteiger charge is -2.16. The number of esters is 1. The van der Waals surface area contributed by atoms with Crippen molar-refractivity contribution in [2.24, 2.45) is 0 Å². The molecule has 0 fully saturated rings. The van der Waals surface area contributed by atoms with Crippen molar-refractivity contribution in [3.63, 3.8) is 0 Å². The summed E-state index contributed by atoms with van der Waals surface area (Å²) in [5, 5.41) is 0. The summed E-state index contributed by atoms with van der Waals surface area (Å²) in [6.07, 6.45) is 7.57. The summed E-state index contributed by atoms with van der Waals surface area (Å²) in [4.78, 5) is 12.5. The highest BCUT2D eigenvalue weighted by molar-refractivity contribution is 5.87. The highest BCUT2D eigenvalue weighted by atomic mass is 16.5. The molecule has 0 aromatic heterocycles. The minimum Gasteiger partial charge on any atom is -0.452 e. The van der Waals surface area contributed by atoms with Crippen LogP contribution in [0.1, 0.15) is 34.3 Å². The van der Waals surface area contributed by atoms with Gasteiger partial charge in [0, 0.05) is 5.56 Å². The van der Waals surface area contributed by atoms with Crippen LogP contribution >= 0.6 is 0 Å². The van der Waals surface area contributed by atoms with Crippen molar-refractivity contribution < 1.29 is 9.53 Å². The van der Waals surface area contributed by atoms with E-state index in [0.29, 0.717) is 0 Å². The molecule has 2 nitrogen and oxygen atoms in total. The smallest absolute Gasteiger partial charge is 0.318 e. The van der Waals surface area contributed by atoms with Crippen molar-refractivity contribution in [1.29, 1.82) is 0 Å². The zero-order valence-corrected chi connectivity index (χ0v) is 11.4. The van der Waals surface area contributed by atoms with E-state index in [2.05, 4.69) is 0 Å². The topological polar surface area (TPSA) is 26.3 Å². The molecule has 0 spiro atoms. The first-order chi connectivity index (χ1) is 10.3. The number of benzene rings is 2. The summed E-state index contributed by atoms with van der Waals surface area (Å²) in [6, 6.07) is 15.9. The minimum absolute atomic E-state index is 0.192. The normalized spacial score (nSPS) is 21.1. The van der Waals surface area contributed by atoms with Gasteiger partial charge in [0.25, 0.3) is 0 Å². The van der Waals surface area contributed by atoms with Crippen LogP contribution in [0.4, 0.5) is 0 Å². The maximum Gasteiger partial charge on any atom is 0.318 e. The molecule has 0 heterocycles. The number of carbonyl (C=O) groups excluding carboxylic acids is 1. The maximum absolute atomic E-state index is 12.5. The number of ether oxygens (including phenoxy) is 1. The van der Waals surface area contributed by atoms with Crippen LogP contribution in [0.2, 0.25) is 0 Å². The first-order valence-electron chi connectivity index (χ1n) is 7.08. The number of rotatable bonds is 2. The van der Waals surface area contributed by atoms with Crippen LogP contribution in [-0.4, -0.2) is 5.97 Å². The Morgan fingerprint density at radius 3 is 2.24 bits per heavy atom. The van der Waals surface area contributed by atoms with Gasteiger partial charge in [-0.25, -0.2) is 0 Å². The van der Waals surface area contributed by atoms with Gasteiger partial charge >= 0.3 is 5.97 Å². The molecule has 2 aromatic rings. The fourth-order valence-electron chi connectivity index (χ4n) is 2.97. The molecule has 2 atom stereocenters. The van der Waals surface area contributed by atoms with Crippen molar-refractivity contribution in [3.8, 4) is 0 Å². The molecular weight excluding hydrogens is 260 g/mol. The van der Waals surface area contributed by atoms with E-state index in [1.165, 1.54) is 0 Å². The zero-order valence-electron chi connectivity index (χ0n) is 11.4. The summed E-state index contributed by atoms with van der Waals surface area (Å²) >= 11 is 0. The van der Waals surface area contributed by atoms with Crippen LogP contribution in [0, 0.1) is 0 Å². The Hall–Kier alpha value is -2.61. The molecule has 0 saturated carbocycles. The van der Waals surface area contributed by atoms with E-state index in [9.17, 15) is 4.79 Å². The number of carbonyl (C=O) groups is 1. The monoisotopic (exact) mass is 274 g/mol. The third-order valence-corrected chi connectivity index (χ3v) is 4.05. The Labute approximate surface area is 123 Å². The molecule has 0 bridgehead atoms. The lowest BCUT2D eigenvalue weighted by atomic mass is 10.0. The van der Waals surface area contributed by atoms with Crippen molar-refractivity contribution in [2.75, 3.05) is 0 Å². The number of hydrogen-bond acceptors (Lipinski definition) is 2. The second-order valence-electron chi connectivity index (χ2n) is 5.31. The van der Waals surface area contributed by atoms with Crippen LogP contribution in [0.25, 0.3) is 12.2 Å². The van der Waals surface area contributed by atoms with Crippen molar-refractivity contribution in [2.45, 2.75) is 12.0 Å². The molecule has 0 N–H and O–H groups in total. The van der Waals surface area contributed by atoms with Crippen LogP contribution in [0.15, 0.2) is 60.7 Å². The van der Waals surface area contributed by atoms with E-state index < -0.39 is 0 Å². The molecule has 0 radical (unpaired) electrons. The predicted molar refractivity (Wildman–Crippen MR) is 82.5 cm³/mol. The predicted octanol–water partition coefficient (Wildman–Crippen LogP) is 4.11. The molecule has 21 heavy (non-hydrogen) atoms. The Morgan fingerprint density at radius 2 is 1.43 bits per heavy atom. The summed E-state index contributed by atoms with van der Waals surface area (Å²) in [6.45, 7) is 0. The lowest BCUT2D eigenvalue weighted by Crippen LogP contribution is -2.15. The molecule has 0 aliphatic heterocycles. The van der Waals surface area contributed by atoms with E-state index >= 15 is 0 Å². The van der Waals surface area contributed by atoms with Gasteiger partial charge in [-0.05, 0) is 22.8 Å². The zero-order chi connectivity index (χ0) is 14.2. The van der Waals surface area contributed by atoms with Gasteiger partial charge < -0.3 is 4.74 Å². The molecule has 2 heteroatoms. The van der Waals surface area contributed by atoms with Crippen LogP contribution in [0.5, 0.6) is 0 Å². The van der Waals surface area contributed by atoms with Gasteiger partial charge in [-0.2, -0.15) is 0 Å². The summed E-state index contributed by atoms with van der Waals surface area (Å²) < 4.78 is 5.70. The molecule has 2 aromatic carbocycles. The molecule has 2 aliphatic rings. The van der Waals surface area contributed by atoms with Crippen molar-refractivity contribution >= 4 is 18.1 Å². The molecule has 0 amide bonds. The van der Waals surface area contributed by atoms with E-state index in [1.807, 2.05) is 72.8 Å². The van der Waals surface area contributed by atoms with Crippen LogP contribution in [-0.2, 0) is 9.53 Å². The highest BCUT2D eigenvalue weighted by Gasteiger charge is 2.28. The number of hydrogen-bond donors (Lipinski definition) is 0. The van der Waals surface area contributed by atoms with Crippen molar-refractivity contribution in [3.05, 3.63) is 82.9 Å². The average molecular weight is 274 g/mol. The second-order valence-corrected chi connectivity index (χ2v) is 5.31. The van der Waals surface area contributed by atoms with Gasteiger partial charge in [-0.3, -0.25) is 4.79 Å². The van der Waals surface area contributed by atoms with Crippen molar-refractivity contribution in [1.82, 2.24) is 0 Å². The fourth-order valence-corrected chi connectivity index (χ4v) is 2.97. The molecule has 102 valence electrons. The minimum atomic E-state index is -0.289. The Morgan fingerprint density at radius 1 is 0.810 bits per heavy atom. The van der Waals surface area contributed by atoms with Gasteiger partial charge in [0.05, 0.1) is 0 Å². The Bertz CT molecular complexity index is 771. The molecular formula is C19H14O2. The summed E-state index contributed by atoms with van der Waals surface area (Å²) in [5.74, 6) is -0.482. The first kappa shape index (κ1) is 12.2. The first-order valence-corrected chi connectivity index (χ1v) is 7.08. The molecule has 2 aliphatic carbocycles. The largest absolute Gasteiger partial charge is 0.452 e. The SMILES string of the molecule is O=C(OC1C=Cc2ccccc21)C1C=Cc2ccccc21. The van der Waals surface area contributed by atoms with Gasteiger partial charge in [-0.1, -0.05) is 66.8 Å². The van der Waals surface area contributed by atoms with Crippen LogP contribution in [0.3, 0.4) is 0 Å². The second kappa shape index (κ2) is 4.74. The van der Waals surface area contributed by atoms with Crippen LogP contribution < -0.4 is 0 Å². The maximum atomic E-state index is 12.5. The van der Waals surface area contributed by atoms with E-state index in [-0.39, 0.29) is 18.0 Å². The average Bonchev–Trinajstić information content (AvgIpc) is 3.12. The summed E-state index contributed by atoms with van der Waals surface area (Å²) in [5.41, 5.74) is 4.30. The Kier molecular flexibility index (Phi) is 2.74. The fraction of sp³-hybridized carbons (Fsp3) is 0.105. The molecule has 2 unspecified atom stereocenters. The third-order valence-electron chi connectivity index (χ3n) is 4.05. The highest BCUT2D eigenvalue weighted by Crippen LogP contribution is 2.35. The Balaban J connectivity index is 1.56. The standard InChI is InChI=1S/C19H14O2/c20-19(17-11-9-13-5-1-3-7-15(13)17)21-18-12-10-14-6-2-4-8-16(14)18/h1-12,17-18H. The van der Waals surface area contributed by atoms with E-state index in [0.717, 1.165) is 22.3 Å². The van der Waals surface area contributed by atoms with E-state index in [1.54, 1.807) is 0 Å². The lowest BCUT2D eigenvalue weighted by molar-refractivity contribution is -0.147. The van der Waals surface area contributed by atoms with Gasteiger partial charge in [0.15, 0.2) is 0 Å². The summed E-state index contributed by atoms with van der Waals surface area (Å²) in [7, 11) is 0. The number of fused-ring (bicyclic) bond motifs is 2. The quantitative estimate of drug-likeness (QED) is 0.770.